The van der Waals surface area contributed by atoms with Crippen LogP contribution in [0.2, 0.25) is 5.02 Å². The van der Waals surface area contributed by atoms with Gasteiger partial charge in [-0.25, -0.2) is 0 Å². The van der Waals surface area contributed by atoms with E-state index < -0.39 is 0 Å². The molecule has 1 rings (SSSR count). The molecule has 0 saturated carbocycles. The molecular formula is C7H7ClS. The standard InChI is InChI=1S/C7H7ClS/c1-5-2-3-6(8)4-7(5)9/h2-4,9H,1H3. The fraction of sp³-hybridized carbons (Fsp3) is 0.143. The van der Waals surface area contributed by atoms with Gasteiger partial charge in [0, 0.05) is 9.92 Å². The molecule has 48 valence electrons. The van der Waals surface area contributed by atoms with E-state index in [-0.39, 0.29) is 0 Å². The van der Waals surface area contributed by atoms with Gasteiger partial charge in [-0.15, -0.1) is 12.6 Å². The summed E-state index contributed by atoms with van der Waals surface area (Å²) in [6.45, 7) is 2.00. The van der Waals surface area contributed by atoms with Crippen LogP contribution >= 0.6 is 24.2 Å². The van der Waals surface area contributed by atoms with E-state index in [2.05, 4.69) is 12.6 Å². The summed E-state index contributed by atoms with van der Waals surface area (Å²) in [6, 6.07) is 5.64. The van der Waals surface area contributed by atoms with E-state index in [1.54, 1.807) is 0 Å². The van der Waals surface area contributed by atoms with Crippen molar-refractivity contribution < 1.29 is 0 Å². The predicted molar refractivity (Wildman–Crippen MR) is 43.4 cm³/mol. The SMILES string of the molecule is Cc1ccc(Cl)cc1S. The van der Waals surface area contributed by atoms with E-state index >= 15 is 0 Å². The summed E-state index contributed by atoms with van der Waals surface area (Å²) in [6.07, 6.45) is 0. The second-order valence-corrected chi connectivity index (χ2v) is 2.85. The van der Waals surface area contributed by atoms with E-state index in [1.165, 1.54) is 0 Å². The summed E-state index contributed by atoms with van der Waals surface area (Å²) >= 11 is 9.85. The van der Waals surface area contributed by atoms with Crippen molar-refractivity contribution in [2.75, 3.05) is 0 Å². The summed E-state index contributed by atoms with van der Waals surface area (Å²) in [5.41, 5.74) is 1.16. The van der Waals surface area contributed by atoms with Crippen LogP contribution in [0.25, 0.3) is 0 Å². The lowest BCUT2D eigenvalue weighted by Gasteiger charge is -1.96. The molecule has 0 bridgehead atoms. The molecule has 0 aromatic heterocycles. The zero-order chi connectivity index (χ0) is 6.85. The lowest BCUT2D eigenvalue weighted by atomic mass is 10.2. The lowest BCUT2D eigenvalue weighted by Crippen LogP contribution is -1.73. The van der Waals surface area contributed by atoms with Gasteiger partial charge in [-0.1, -0.05) is 17.7 Å². The highest BCUT2D eigenvalue weighted by Gasteiger charge is 1.91. The normalized spacial score (nSPS) is 9.67. The molecule has 1 aromatic rings. The number of thiol groups is 1. The lowest BCUT2D eigenvalue weighted by molar-refractivity contribution is 1.31. The van der Waals surface area contributed by atoms with Crippen LogP contribution in [0.5, 0.6) is 0 Å². The molecule has 1 aromatic carbocycles. The average molecular weight is 159 g/mol. The molecule has 0 amide bonds. The van der Waals surface area contributed by atoms with Crippen LogP contribution in [0.4, 0.5) is 0 Å². The van der Waals surface area contributed by atoms with E-state index in [9.17, 15) is 0 Å². The molecular weight excluding hydrogens is 152 g/mol. The third-order valence-corrected chi connectivity index (χ3v) is 1.89. The highest BCUT2D eigenvalue weighted by Crippen LogP contribution is 2.17. The molecule has 0 N–H and O–H groups in total. The Morgan fingerprint density at radius 2 is 2.11 bits per heavy atom. The van der Waals surface area contributed by atoms with Crippen molar-refractivity contribution in [3.63, 3.8) is 0 Å². The van der Waals surface area contributed by atoms with Gasteiger partial charge in [-0.3, -0.25) is 0 Å². The third kappa shape index (κ3) is 1.63. The molecule has 0 heterocycles. The molecule has 9 heavy (non-hydrogen) atoms. The first kappa shape index (κ1) is 6.97. The highest BCUT2D eigenvalue weighted by molar-refractivity contribution is 7.80. The van der Waals surface area contributed by atoms with Gasteiger partial charge in [0.15, 0.2) is 0 Å². The fourth-order valence-corrected chi connectivity index (χ4v) is 1.04. The van der Waals surface area contributed by atoms with Gasteiger partial charge in [-0.2, -0.15) is 0 Å². The molecule has 0 aliphatic carbocycles. The molecule has 0 nitrogen and oxygen atoms in total. The van der Waals surface area contributed by atoms with Gasteiger partial charge in [0.25, 0.3) is 0 Å². The van der Waals surface area contributed by atoms with E-state index in [0.717, 1.165) is 15.5 Å². The first-order valence-corrected chi connectivity index (χ1v) is 3.48. The van der Waals surface area contributed by atoms with Gasteiger partial charge >= 0.3 is 0 Å². The largest absolute Gasteiger partial charge is 0.143 e. The van der Waals surface area contributed by atoms with Crippen LogP contribution in [0.3, 0.4) is 0 Å². The molecule has 0 radical (unpaired) electrons. The van der Waals surface area contributed by atoms with Crippen molar-refractivity contribution in [2.45, 2.75) is 11.8 Å². The Bertz CT molecular complexity index is 220. The maximum atomic E-state index is 5.67. The Hall–Kier alpha value is -0.140. The molecule has 2 heteroatoms. The van der Waals surface area contributed by atoms with Gasteiger partial charge < -0.3 is 0 Å². The Balaban J connectivity index is 3.17. The number of hydrogen-bond acceptors (Lipinski definition) is 1. The highest BCUT2D eigenvalue weighted by atomic mass is 35.5. The molecule has 0 aliphatic rings. The van der Waals surface area contributed by atoms with Gasteiger partial charge in [-0.05, 0) is 24.6 Å². The minimum absolute atomic E-state index is 0.741. The van der Waals surface area contributed by atoms with Crippen molar-refractivity contribution in [1.29, 1.82) is 0 Å². The first-order chi connectivity index (χ1) is 4.20. The fourth-order valence-electron chi connectivity index (χ4n) is 0.583. The Morgan fingerprint density at radius 3 is 2.56 bits per heavy atom. The maximum Gasteiger partial charge on any atom is 0.0417 e. The number of aryl methyl sites for hydroxylation is 1. The van der Waals surface area contributed by atoms with E-state index in [0.29, 0.717) is 0 Å². The van der Waals surface area contributed by atoms with Gasteiger partial charge in [0.05, 0.1) is 0 Å². The van der Waals surface area contributed by atoms with Crippen LogP contribution in [0, 0.1) is 6.92 Å². The van der Waals surface area contributed by atoms with Crippen molar-refractivity contribution in [3.05, 3.63) is 28.8 Å². The van der Waals surface area contributed by atoms with Gasteiger partial charge in [0.1, 0.15) is 0 Å². The molecule has 0 unspecified atom stereocenters. The average Bonchev–Trinajstić information content (AvgIpc) is 1.80. The second kappa shape index (κ2) is 2.63. The minimum Gasteiger partial charge on any atom is -0.143 e. The smallest absolute Gasteiger partial charge is 0.0417 e. The van der Waals surface area contributed by atoms with Crippen LogP contribution in [0.1, 0.15) is 5.56 Å². The summed E-state index contributed by atoms with van der Waals surface area (Å²) in [4.78, 5) is 0.947. The summed E-state index contributed by atoms with van der Waals surface area (Å²) < 4.78 is 0. The molecule has 0 saturated heterocycles. The van der Waals surface area contributed by atoms with Crippen LogP contribution in [0.15, 0.2) is 23.1 Å². The molecule has 0 fully saturated rings. The molecule has 0 atom stereocenters. The van der Waals surface area contributed by atoms with E-state index in [1.807, 2.05) is 25.1 Å². The number of halogens is 1. The number of rotatable bonds is 0. The topological polar surface area (TPSA) is 0 Å². The van der Waals surface area contributed by atoms with Crippen molar-refractivity contribution in [2.24, 2.45) is 0 Å². The van der Waals surface area contributed by atoms with Crippen LogP contribution in [-0.4, -0.2) is 0 Å². The quantitative estimate of drug-likeness (QED) is 0.552. The summed E-state index contributed by atoms with van der Waals surface area (Å²) in [5.74, 6) is 0. The van der Waals surface area contributed by atoms with Crippen LogP contribution in [-0.2, 0) is 0 Å². The van der Waals surface area contributed by atoms with E-state index in [4.69, 9.17) is 11.6 Å². The predicted octanol–water partition coefficient (Wildman–Crippen LogP) is 2.94. The van der Waals surface area contributed by atoms with Gasteiger partial charge in [0.2, 0.25) is 0 Å². The Morgan fingerprint density at radius 1 is 1.44 bits per heavy atom. The van der Waals surface area contributed by atoms with Crippen molar-refractivity contribution >= 4 is 24.2 Å². The Kier molecular flexibility index (Phi) is 2.04. The summed E-state index contributed by atoms with van der Waals surface area (Å²) in [7, 11) is 0. The summed E-state index contributed by atoms with van der Waals surface area (Å²) in [5, 5.41) is 0.741. The number of hydrogen-bond donors (Lipinski definition) is 1. The maximum absolute atomic E-state index is 5.67. The first-order valence-electron chi connectivity index (χ1n) is 2.65. The van der Waals surface area contributed by atoms with Crippen molar-refractivity contribution in [1.82, 2.24) is 0 Å². The number of benzene rings is 1. The second-order valence-electron chi connectivity index (χ2n) is 1.93. The zero-order valence-electron chi connectivity index (χ0n) is 5.06. The zero-order valence-corrected chi connectivity index (χ0v) is 6.71. The third-order valence-electron chi connectivity index (χ3n) is 1.17. The monoisotopic (exact) mass is 158 g/mol. The Labute approximate surface area is 65.3 Å². The van der Waals surface area contributed by atoms with Crippen LogP contribution < -0.4 is 0 Å². The minimum atomic E-state index is 0.741. The molecule has 0 spiro atoms. The molecule has 0 aliphatic heterocycles. The van der Waals surface area contributed by atoms with Crippen molar-refractivity contribution in [3.8, 4) is 0 Å².